The number of amides is 1. The summed E-state index contributed by atoms with van der Waals surface area (Å²) in [5.74, 6) is 2.04. The highest BCUT2D eigenvalue weighted by Gasteiger charge is 2.27. The molecule has 1 aliphatic rings. The first-order valence-electron chi connectivity index (χ1n) is 8.20. The Morgan fingerprint density at radius 2 is 2.12 bits per heavy atom. The number of aryl methyl sites for hydroxylation is 1. The molecule has 4 heterocycles. The lowest BCUT2D eigenvalue weighted by atomic mass is 9.95. The van der Waals surface area contributed by atoms with Crippen LogP contribution in [0, 0.1) is 6.92 Å². The van der Waals surface area contributed by atoms with E-state index in [1.54, 1.807) is 0 Å². The summed E-state index contributed by atoms with van der Waals surface area (Å²) >= 11 is 0. The van der Waals surface area contributed by atoms with Crippen molar-refractivity contribution in [3.8, 4) is 0 Å². The molecule has 24 heavy (non-hydrogen) atoms. The maximum Gasteiger partial charge on any atom is 0.230 e. The third kappa shape index (κ3) is 2.77. The summed E-state index contributed by atoms with van der Waals surface area (Å²) < 4.78 is 7.18. The highest BCUT2D eigenvalue weighted by molar-refractivity contribution is 5.78. The molecule has 1 saturated heterocycles. The van der Waals surface area contributed by atoms with Crippen molar-refractivity contribution >= 4 is 11.6 Å². The van der Waals surface area contributed by atoms with Crippen LogP contribution in [0.15, 0.2) is 35.0 Å². The molecular weight excluding hydrogens is 306 g/mol. The number of hydrogen-bond acceptors (Lipinski definition) is 5. The number of fused-ring (bicyclic) bond motifs is 1. The molecule has 3 aromatic rings. The van der Waals surface area contributed by atoms with Gasteiger partial charge in [0.2, 0.25) is 5.91 Å². The molecule has 3 aromatic heterocycles. The Kier molecular flexibility index (Phi) is 3.76. The summed E-state index contributed by atoms with van der Waals surface area (Å²) in [5.41, 5.74) is 1.67. The third-order valence-corrected chi connectivity index (χ3v) is 4.56. The molecule has 1 aliphatic heterocycles. The predicted octanol–water partition coefficient (Wildman–Crippen LogP) is 1.97. The van der Waals surface area contributed by atoms with Crippen molar-refractivity contribution in [2.75, 3.05) is 13.1 Å². The van der Waals surface area contributed by atoms with Crippen LogP contribution in [-0.4, -0.2) is 43.7 Å². The second kappa shape index (κ2) is 6.07. The SMILES string of the molecule is Cc1cc(CC(=O)N2CCC(c3nnc4ccccn34)CC2)on1. The van der Waals surface area contributed by atoms with Gasteiger partial charge in [-0.1, -0.05) is 11.2 Å². The molecule has 1 fully saturated rings. The molecule has 0 bridgehead atoms. The minimum atomic E-state index is 0.0932. The van der Waals surface area contributed by atoms with Gasteiger partial charge in [-0.05, 0) is 31.9 Å². The van der Waals surface area contributed by atoms with E-state index in [9.17, 15) is 4.79 Å². The van der Waals surface area contributed by atoms with Crippen LogP contribution >= 0.6 is 0 Å². The fraction of sp³-hybridized carbons (Fsp3) is 0.412. The molecule has 0 unspecified atom stereocenters. The molecule has 124 valence electrons. The van der Waals surface area contributed by atoms with E-state index in [4.69, 9.17) is 4.52 Å². The summed E-state index contributed by atoms with van der Waals surface area (Å²) in [5, 5.41) is 12.4. The summed E-state index contributed by atoms with van der Waals surface area (Å²) in [6.45, 7) is 3.32. The molecule has 7 heteroatoms. The van der Waals surface area contributed by atoms with Crippen LogP contribution in [0.4, 0.5) is 0 Å². The van der Waals surface area contributed by atoms with Gasteiger partial charge in [-0.25, -0.2) is 0 Å². The summed E-state index contributed by atoms with van der Waals surface area (Å²) in [6.07, 6.45) is 4.07. The van der Waals surface area contributed by atoms with Crippen LogP contribution in [0.5, 0.6) is 0 Å². The van der Waals surface area contributed by atoms with E-state index >= 15 is 0 Å². The summed E-state index contributed by atoms with van der Waals surface area (Å²) in [7, 11) is 0. The Hall–Kier alpha value is -2.70. The summed E-state index contributed by atoms with van der Waals surface area (Å²) in [4.78, 5) is 14.3. The van der Waals surface area contributed by atoms with Crippen molar-refractivity contribution in [2.24, 2.45) is 0 Å². The minimum Gasteiger partial charge on any atom is -0.361 e. The van der Waals surface area contributed by atoms with E-state index in [2.05, 4.69) is 15.4 Å². The van der Waals surface area contributed by atoms with Crippen molar-refractivity contribution in [2.45, 2.75) is 32.1 Å². The van der Waals surface area contributed by atoms with E-state index < -0.39 is 0 Å². The van der Waals surface area contributed by atoms with Crippen molar-refractivity contribution in [3.05, 3.63) is 47.7 Å². The Balaban J connectivity index is 1.40. The number of piperidine rings is 1. The van der Waals surface area contributed by atoms with E-state index in [0.29, 0.717) is 11.7 Å². The average molecular weight is 325 g/mol. The summed E-state index contributed by atoms with van der Waals surface area (Å²) in [6, 6.07) is 7.71. The molecule has 0 radical (unpaired) electrons. The van der Waals surface area contributed by atoms with Crippen LogP contribution < -0.4 is 0 Å². The second-order valence-electron chi connectivity index (χ2n) is 6.25. The van der Waals surface area contributed by atoms with E-state index in [0.717, 1.165) is 43.1 Å². The lowest BCUT2D eigenvalue weighted by Crippen LogP contribution is -2.39. The van der Waals surface area contributed by atoms with Crippen LogP contribution in [0.3, 0.4) is 0 Å². The second-order valence-corrected chi connectivity index (χ2v) is 6.25. The highest BCUT2D eigenvalue weighted by atomic mass is 16.5. The minimum absolute atomic E-state index is 0.0932. The Morgan fingerprint density at radius 3 is 2.88 bits per heavy atom. The fourth-order valence-electron chi connectivity index (χ4n) is 3.29. The number of carbonyl (C=O) groups is 1. The van der Waals surface area contributed by atoms with Gasteiger partial charge in [0.25, 0.3) is 0 Å². The lowest BCUT2D eigenvalue weighted by molar-refractivity contribution is -0.131. The number of carbonyl (C=O) groups excluding carboxylic acids is 1. The first-order valence-corrected chi connectivity index (χ1v) is 8.20. The van der Waals surface area contributed by atoms with E-state index in [-0.39, 0.29) is 12.3 Å². The highest BCUT2D eigenvalue weighted by Crippen LogP contribution is 2.27. The monoisotopic (exact) mass is 325 g/mol. The van der Waals surface area contributed by atoms with E-state index in [1.165, 1.54) is 0 Å². The zero-order chi connectivity index (χ0) is 16.5. The van der Waals surface area contributed by atoms with Gasteiger partial charge in [0.05, 0.1) is 12.1 Å². The molecule has 0 aromatic carbocycles. The average Bonchev–Trinajstić information content (AvgIpc) is 3.21. The number of likely N-dealkylation sites (tertiary alicyclic amines) is 1. The van der Waals surface area contributed by atoms with Crippen molar-refractivity contribution in [1.29, 1.82) is 0 Å². The van der Waals surface area contributed by atoms with Gasteiger partial charge >= 0.3 is 0 Å². The quantitative estimate of drug-likeness (QED) is 0.736. The molecule has 1 amide bonds. The molecule has 4 rings (SSSR count). The normalized spacial score (nSPS) is 16.0. The molecule has 0 spiro atoms. The topological polar surface area (TPSA) is 76.5 Å². The fourth-order valence-corrected chi connectivity index (χ4v) is 3.29. The van der Waals surface area contributed by atoms with Crippen LogP contribution in [0.25, 0.3) is 5.65 Å². The molecule has 0 N–H and O–H groups in total. The largest absolute Gasteiger partial charge is 0.361 e. The molecule has 0 atom stereocenters. The maximum atomic E-state index is 12.4. The predicted molar refractivity (Wildman–Crippen MR) is 86.5 cm³/mol. The first-order chi connectivity index (χ1) is 11.7. The molecular formula is C17H19N5O2. The van der Waals surface area contributed by atoms with Crippen molar-refractivity contribution in [3.63, 3.8) is 0 Å². The lowest BCUT2D eigenvalue weighted by Gasteiger charge is -2.31. The van der Waals surface area contributed by atoms with Gasteiger partial charge in [-0.15, -0.1) is 10.2 Å². The number of aromatic nitrogens is 4. The van der Waals surface area contributed by atoms with Gasteiger partial charge in [-0.3, -0.25) is 9.20 Å². The number of rotatable bonds is 3. The third-order valence-electron chi connectivity index (χ3n) is 4.56. The number of pyridine rings is 1. The number of nitrogens with zero attached hydrogens (tertiary/aromatic N) is 5. The van der Waals surface area contributed by atoms with Crippen LogP contribution in [0.2, 0.25) is 0 Å². The maximum absolute atomic E-state index is 12.4. The zero-order valence-electron chi connectivity index (χ0n) is 13.6. The molecule has 0 aliphatic carbocycles. The van der Waals surface area contributed by atoms with Gasteiger partial charge < -0.3 is 9.42 Å². The van der Waals surface area contributed by atoms with Crippen LogP contribution in [0.1, 0.15) is 36.0 Å². The van der Waals surface area contributed by atoms with Gasteiger partial charge in [0.15, 0.2) is 5.65 Å². The Morgan fingerprint density at radius 1 is 1.29 bits per heavy atom. The molecule has 7 nitrogen and oxygen atoms in total. The van der Waals surface area contributed by atoms with Gasteiger partial charge in [-0.2, -0.15) is 0 Å². The van der Waals surface area contributed by atoms with Gasteiger partial charge in [0, 0.05) is 31.3 Å². The van der Waals surface area contributed by atoms with Crippen molar-refractivity contribution in [1.82, 2.24) is 24.7 Å². The standard InChI is InChI=1S/C17H19N5O2/c1-12-10-14(24-20-12)11-16(23)21-8-5-13(6-9-21)17-19-18-15-4-2-3-7-22(15)17/h2-4,7,10,13H,5-6,8-9,11H2,1H3. The number of hydrogen-bond donors (Lipinski definition) is 0. The van der Waals surface area contributed by atoms with Crippen molar-refractivity contribution < 1.29 is 9.32 Å². The van der Waals surface area contributed by atoms with Crippen LogP contribution in [-0.2, 0) is 11.2 Å². The Bertz CT molecular complexity index is 861. The first kappa shape index (κ1) is 14.9. The Labute approximate surface area is 139 Å². The van der Waals surface area contributed by atoms with Gasteiger partial charge in [0.1, 0.15) is 11.6 Å². The van der Waals surface area contributed by atoms with E-state index in [1.807, 2.05) is 46.7 Å². The zero-order valence-corrected chi connectivity index (χ0v) is 13.6. The molecule has 0 saturated carbocycles. The smallest absolute Gasteiger partial charge is 0.230 e.